The molecule has 7 heteroatoms. The number of aliphatic hydroxyl groups is 2. The van der Waals surface area contributed by atoms with Gasteiger partial charge in [-0.1, -0.05) is 30.3 Å². The van der Waals surface area contributed by atoms with Gasteiger partial charge in [-0.25, -0.2) is 0 Å². The van der Waals surface area contributed by atoms with E-state index in [1.54, 1.807) is 0 Å². The van der Waals surface area contributed by atoms with Crippen LogP contribution in [0.2, 0.25) is 0 Å². The van der Waals surface area contributed by atoms with Gasteiger partial charge in [-0.15, -0.1) is 0 Å². The summed E-state index contributed by atoms with van der Waals surface area (Å²) in [5, 5.41) is 30.8. The quantitative estimate of drug-likeness (QED) is 0.229. The lowest BCUT2D eigenvalue weighted by Crippen LogP contribution is -2.33. The van der Waals surface area contributed by atoms with Crippen molar-refractivity contribution >= 4 is 23.0 Å². The monoisotopic (exact) mass is 537 g/mol. The van der Waals surface area contributed by atoms with Crippen molar-refractivity contribution in [1.29, 1.82) is 0 Å². The van der Waals surface area contributed by atoms with Crippen molar-refractivity contribution in [2.24, 2.45) is 17.8 Å². The molecule has 0 bridgehead atoms. The van der Waals surface area contributed by atoms with E-state index in [-0.39, 0.29) is 54.4 Å². The van der Waals surface area contributed by atoms with E-state index in [1.807, 2.05) is 43.3 Å². The van der Waals surface area contributed by atoms with E-state index in [2.05, 4.69) is 12.1 Å². The fourth-order valence-corrected chi connectivity index (χ4v) is 6.00. The average molecular weight is 538 g/mol. The van der Waals surface area contributed by atoms with Gasteiger partial charge >= 0.3 is 0 Å². The number of ketones is 3. The van der Waals surface area contributed by atoms with Gasteiger partial charge in [0.1, 0.15) is 17.3 Å². The molecule has 0 heterocycles. The number of phenols is 1. The van der Waals surface area contributed by atoms with Gasteiger partial charge in [0.2, 0.25) is 0 Å². The minimum atomic E-state index is -0.752. The second-order valence-corrected chi connectivity index (χ2v) is 11.2. The first-order valence-corrected chi connectivity index (χ1v) is 14.0. The lowest BCUT2D eigenvalue weighted by molar-refractivity contribution is -0.131. The zero-order valence-electron chi connectivity index (χ0n) is 23.5. The molecular weight excluding hydrogens is 494 g/mol. The molecule has 2 aromatic carbocycles. The summed E-state index contributed by atoms with van der Waals surface area (Å²) in [5.74, 6) is -1.82. The molecule has 0 aliphatic heterocycles. The van der Waals surface area contributed by atoms with Crippen molar-refractivity contribution in [3.05, 3.63) is 58.7 Å². The van der Waals surface area contributed by atoms with Gasteiger partial charge in [-0.2, -0.15) is 0 Å². The number of benzene rings is 2. The largest absolute Gasteiger partial charge is 0.507 e. The van der Waals surface area contributed by atoms with Crippen molar-refractivity contribution in [3.63, 3.8) is 0 Å². The van der Waals surface area contributed by atoms with Gasteiger partial charge in [0, 0.05) is 38.7 Å². The SMILES string of the molecule is CC(=O)CC(=O)C(CO)C(CCO)CC1CC(=O)c2c(O)c(CCCCc3ccccc3)cc(N(C)C)c2C1. The molecule has 1 aliphatic rings. The highest BCUT2D eigenvalue weighted by Crippen LogP contribution is 2.42. The molecule has 3 atom stereocenters. The Morgan fingerprint density at radius 3 is 2.36 bits per heavy atom. The number of rotatable bonds is 15. The number of aliphatic hydroxyl groups excluding tert-OH is 2. The lowest BCUT2D eigenvalue weighted by Gasteiger charge is -2.33. The van der Waals surface area contributed by atoms with Gasteiger partial charge < -0.3 is 20.2 Å². The van der Waals surface area contributed by atoms with Gasteiger partial charge in [-0.05, 0) is 86.5 Å². The standard InChI is InChI=1S/C32H43NO6/c1-21(36)15-29(37)27(20-35)24(13-14-34)16-23-17-26-28(33(2)3)19-25(32(39)31(26)30(38)18-23)12-8-7-11-22-9-5-4-6-10-22/h4-6,9-10,19,23-24,27,34-35,39H,7-8,11-18,20H2,1-3H3. The third kappa shape index (κ3) is 7.99. The molecule has 212 valence electrons. The third-order valence-corrected chi connectivity index (χ3v) is 7.93. The summed E-state index contributed by atoms with van der Waals surface area (Å²) in [7, 11) is 3.85. The molecule has 0 saturated heterocycles. The molecule has 39 heavy (non-hydrogen) atoms. The first-order chi connectivity index (χ1) is 18.7. The van der Waals surface area contributed by atoms with E-state index >= 15 is 0 Å². The van der Waals surface area contributed by atoms with Crippen LogP contribution in [-0.2, 0) is 28.9 Å². The van der Waals surface area contributed by atoms with Gasteiger partial charge in [0.25, 0.3) is 0 Å². The summed E-state index contributed by atoms with van der Waals surface area (Å²) in [4.78, 5) is 39.6. The molecule has 3 N–H and O–H groups in total. The third-order valence-electron chi connectivity index (χ3n) is 7.93. The van der Waals surface area contributed by atoms with E-state index < -0.39 is 12.5 Å². The van der Waals surface area contributed by atoms with Crippen molar-refractivity contribution in [3.8, 4) is 5.75 Å². The van der Waals surface area contributed by atoms with E-state index in [4.69, 9.17) is 0 Å². The van der Waals surface area contributed by atoms with Crippen LogP contribution in [-0.4, -0.2) is 60.0 Å². The summed E-state index contributed by atoms with van der Waals surface area (Å²) in [6.07, 6.45) is 4.83. The van der Waals surface area contributed by atoms with Crippen LogP contribution < -0.4 is 4.90 Å². The lowest BCUT2D eigenvalue weighted by atomic mass is 9.73. The van der Waals surface area contributed by atoms with Crippen LogP contribution in [0.3, 0.4) is 0 Å². The molecule has 0 fully saturated rings. The fourth-order valence-electron chi connectivity index (χ4n) is 6.00. The molecule has 0 spiro atoms. The summed E-state index contributed by atoms with van der Waals surface area (Å²) >= 11 is 0. The second-order valence-electron chi connectivity index (χ2n) is 11.2. The van der Waals surface area contributed by atoms with Crippen LogP contribution in [0.1, 0.15) is 72.5 Å². The number of nitrogens with zero attached hydrogens (tertiary/aromatic N) is 1. The Labute approximate surface area is 231 Å². The Kier molecular flexibility index (Phi) is 11.3. The predicted octanol–water partition coefficient (Wildman–Crippen LogP) is 4.31. The van der Waals surface area contributed by atoms with Crippen LogP contribution in [0.4, 0.5) is 5.69 Å². The van der Waals surface area contributed by atoms with Crippen LogP contribution in [0.15, 0.2) is 36.4 Å². The highest BCUT2D eigenvalue weighted by atomic mass is 16.3. The zero-order valence-corrected chi connectivity index (χ0v) is 23.5. The van der Waals surface area contributed by atoms with Gasteiger partial charge in [0.15, 0.2) is 5.78 Å². The first-order valence-electron chi connectivity index (χ1n) is 14.0. The Morgan fingerprint density at radius 1 is 1.05 bits per heavy atom. The maximum absolute atomic E-state index is 13.4. The maximum Gasteiger partial charge on any atom is 0.167 e. The number of unbranched alkanes of at least 4 members (excludes halogenated alkanes) is 1. The fraction of sp³-hybridized carbons (Fsp3) is 0.531. The molecule has 0 radical (unpaired) electrons. The topological polar surface area (TPSA) is 115 Å². The van der Waals surface area contributed by atoms with E-state index in [0.717, 1.165) is 36.1 Å². The number of hydrogen-bond donors (Lipinski definition) is 3. The van der Waals surface area contributed by atoms with Crippen LogP contribution in [0.25, 0.3) is 0 Å². The average Bonchev–Trinajstić information content (AvgIpc) is 2.88. The van der Waals surface area contributed by atoms with Gasteiger partial charge in [-0.3, -0.25) is 14.4 Å². The Balaban J connectivity index is 1.79. The molecular formula is C32H43NO6. The summed E-state index contributed by atoms with van der Waals surface area (Å²) < 4.78 is 0. The summed E-state index contributed by atoms with van der Waals surface area (Å²) in [5.41, 5.74) is 4.19. The van der Waals surface area contributed by atoms with E-state index in [0.29, 0.717) is 31.2 Å². The Bertz CT molecular complexity index is 1140. The molecule has 0 saturated carbocycles. The number of phenolic OH excluding ortho intramolecular Hbond substituents is 1. The molecule has 0 amide bonds. The summed E-state index contributed by atoms with van der Waals surface area (Å²) in [6, 6.07) is 12.3. The van der Waals surface area contributed by atoms with Crippen molar-refractivity contribution < 1.29 is 29.7 Å². The normalized spacial score (nSPS) is 16.4. The number of carbonyl (C=O) groups is 3. The van der Waals surface area contributed by atoms with E-state index in [9.17, 15) is 29.7 Å². The highest BCUT2D eigenvalue weighted by molar-refractivity contribution is 6.03. The van der Waals surface area contributed by atoms with Crippen molar-refractivity contribution in [2.45, 2.75) is 64.7 Å². The maximum atomic E-state index is 13.4. The van der Waals surface area contributed by atoms with Gasteiger partial charge in [0.05, 0.1) is 18.6 Å². The minimum Gasteiger partial charge on any atom is -0.507 e. The molecule has 3 rings (SSSR count). The predicted molar refractivity (Wildman–Crippen MR) is 152 cm³/mol. The molecule has 2 aromatic rings. The Morgan fingerprint density at radius 2 is 1.74 bits per heavy atom. The number of aromatic hydroxyl groups is 1. The number of Topliss-reactive ketones (excluding diaryl/α,β-unsaturated/α-hetero) is 3. The number of fused-ring (bicyclic) bond motifs is 1. The molecule has 0 aromatic heterocycles. The number of carbonyl (C=O) groups excluding carboxylic acids is 3. The molecule has 1 aliphatic carbocycles. The zero-order chi connectivity index (χ0) is 28.5. The highest BCUT2D eigenvalue weighted by Gasteiger charge is 2.35. The van der Waals surface area contributed by atoms with E-state index in [1.165, 1.54) is 12.5 Å². The summed E-state index contributed by atoms with van der Waals surface area (Å²) in [6.45, 7) is 0.797. The molecule has 7 nitrogen and oxygen atoms in total. The second kappa shape index (κ2) is 14.4. The van der Waals surface area contributed by atoms with Crippen LogP contribution >= 0.6 is 0 Å². The minimum absolute atomic E-state index is 0.0792. The Hall–Kier alpha value is -3.03. The van der Waals surface area contributed by atoms with Crippen LogP contribution in [0.5, 0.6) is 5.75 Å². The number of hydrogen-bond acceptors (Lipinski definition) is 7. The number of aryl methyl sites for hydroxylation is 2. The van der Waals surface area contributed by atoms with Crippen LogP contribution in [0, 0.1) is 17.8 Å². The smallest absolute Gasteiger partial charge is 0.167 e. The number of anilines is 1. The van der Waals surface area contributed by atoms with Crippen molar-refractivity contribution in [1.82, 2.24) is 0 Å². The molecule has 3 unspecified atom stereocenters. The van der Waals surface area contributed by atoms with Crippen molar-refractivity contribution in [2.75, 3.05) is 32.2 Å². The first kappa shape index (κ1) is 30.5.